The quantitative estimate of drug-likeness (QED) is 0.652. The Bertz CT molecular complexity index is 685. The van der Waals surface area contributed by atoms with Gasteiger partial charge in [-0.1, -0.05) is 25.1 Å². The molecule has 0 radical (unpaired) electrons. The average molecular weight is 300 g/mol. The second-order valence-corrected chi connectivity index (χ2v) is 4.60. The summed E-state index contributed by atoms with van der Waals surface area (Å²) in [5.41, 5.74) is 0.322. The first-order valence-corrected chi connectivity index (χ1v) is 6.89. The fraction of sp³-hybridized carbons (Fsp3) is 0.188. The molecule has 114 valence electrons. The summed E-state index contributed by atoms with van der Waals surface area (Å²) in [6, 6.07) is 12.8. The number of benzene rings is 2. The van der Waals surface area contributed by atoms with Crippen molar-refractivity contribution in [2.24, 2.45) is 0 Å². The van der Waals surface area contributed by atoms with E-state index in [9.17, 15) is 14.9 Å². The van der Waals surface area contributed by atoms with Crippen molar-refractivity contribution in [2.45, 2.75) is 13.3 Å². The maximum atomic E-state index is 12.2. The second-order valence-electron chi connectivity index (χ2n) is 4.60. The van der Waals surface area contributed by atoms with Crippen LogP contribution in [0.25, 0.3) is 0 Å². The third kappa shape index (κ3) is 3.82. The summed E-state index contributed by atoms with van der Waals surface area (Å²) < 4.78 is 5.49. The van der Waals surface area contributed by atoms with E-state index in [4.69, 9.17) is 4.74 Å². The zero-order valence-electron chi connectivity index (χ0n) is 12.1. The first kappa shape index (κ1) is 15.5. The van der Waals surface area contributed by atoms with Gasteiger partial charge in [-0.2, -0.15) is 0 Å². The number of carbonyl (C=O) groups excluding carboxylic acids is 1. The molecule has 2 rings (SSSR count). The van der Waals surface area contributed by atoms with Crippen molar-refractivity contribution in [2.75, 3.05) is 11.9 Å². The van der Waals surface area contributed by atoms with Crippen LogP contribution in [0.4, 0.5) is 11.4 Å². The lowest BCUT2D eigenvalue weighted by Gasteiger charge is -2.08. The SMILES string of the molecule is CCCOc1cccc(NC(=O)c2ccccc2[N+](=O)[O-])c1. The molecule has 0 bridgehead atoms. The van der Waals surface area contributed by atoms with Crippen molar-refractivity contribution in [1.82, 2.24) is 0 Å². The van der Waals surface area contributed by atoms with E-state index in [1.165, 1.54) is 18.2 Å². The molecular formula is C16H16N2O4. The third-order valence-electron chi connectivity index (χ3n) is 2.91. The summed E-state index contributed by atoms with van der Waals surface area (Å²) >= 11 is 0. The summed E-state index contributed by atoms with van der Waals surface area (Å²) in [6.45, 7) is 2.59. The number of rotatable bonds is 6. The van der Waals surface area contributed by atoms with Crippen LogP contribution in [0.1, 0.15) is 23.7 Å². The van der Waals surface area contributed by atoms with Crippen molar-refractivity contribution in [3.8, 4) is 5.75 Å². The summed E-state index contributed by atoms with van der Waals surface area (Å²) in [6.07, 6.45) is 0.882. The minimum atomic E-state index is -0.574. The predicted molar refractivity (Wildman–Crippen MR) is 83.3 cm³/mol. The minimum absolute atomic E-state index is 0.0207. The predicted octanol–water partition coefficient (Wildman–Crippen LogP) is 3.64. The van der Waals surface area contributed by atoms with Gasteiger partial charge in [-0.15, -0.1) is 0 Å². The van der Waals surface area contributed by atoms with Crippen molar-refractivity contribution in [1.29, 1.82) is 0 Å². The van der Waals surface area contributed by atoms with Crippen LogP contribution in [0.3, 0.4) is 0 Å². The number of hydrogen-bond donors (Lipinski definition) is 1. The zero-order chi connectivity index (χ0) is 15.9. The number of nitro benzene ring substituents is 1. The second kappa shape index (κ2) is 7.21. The molecule has 6 nitrogen and oxygen atoms in total. The molecule has 0 atom stereocenters. The van der Waals surface area contributed by atoms with Crippen LogP contribution in [-0.2, 0) is 0 Å². The van der Waals surface area contributed by atoms with Gasteiger partial charge in [0.05, 0.1) is 11.5 Å². The molecule has 0 aromatic heterocycles. The fourth-order valence-corrected chi connectivity index (χ4v) is 1.91. The van der Waals surface area contributed by atoms with Gasteiger partial charge in [-0.25, -0.2) is 0 Å². The molecule has 0 aliphatic heterocycles. The molecule has 22 heavy (non-hydrogen) atoms. The summed E-state index contributed by atoms with van der Waals surface area (Å²) in [4.78, 5) is 22.6. The summed E-state index contributed by atoms with van der Waals surface area (Å²) in [5.74, 6) is 0.113. The fourth-order valence-electron chi connectivity index (χ4n) is 1.91. The Labute approximate surface area is 127 Å². The van der Waals surface area contributed by atoms with E-state index in [-0.39, 0.29) is 11.3 Å². The van der Waals surface area contributed by atoms with Crippen LogP contribution < -0.4 is 10.1 Å². The molecule has 2 aromatic carbocycles. The van der Waals surface area contributed by atoms with Crippen molar-refractivity contribution < 1.29 is 14.5 Å². The molecule has 0 aliphatic carbocycles. The number of nitro groups is 1. The molecule has 0 unspecified atom stereocenters. The van der Waals surface area contributed by atoms with E-state index >= 15 is 0 Å². The van der Waals surface area contributed by atoms with Crippen molar-refractivity contribution in [3.63, 3.8) is 0 Å². The van der Waals surface area contributed by atoms with Crippen LogP contribution in [-0.4, -0.2) is 17.4 Å². The lowest BCUT2D eigenvalue weighted by Crippen LogP contribution is -2.13. The molecule has 0 fully saturated rings. The van der Waals surface area contributed by atoms with Gasteiger partial charge < -0.3 is 10.1 Å². The van der Waals surface area contributed by atoms with Crippen molar-refractivity contribution >= 4 is 17.3 Å². The van der Waals surface area contributed by atoms with Gasteiger partial charge in [0.2, 0.25) is 0 Å². The first-order chi connectivity index (χ1) is 10.6. The largest absolute Gasteiger partial charge is 0.494 e. The lowest BCUT2D eigenvalue weighted by atomic mass is 10.1. The molecule has 6 heteroatoms. The monoisotopic (exact) mass is 300 g/mol. The van der Waals surface area contributed by atoms with Gasteiger partial charge in [0.1, 0.15) is 11.3 Å². The standard InChI is InChI=1S/C16H16N2O4/c1-2-10-22-13-7-5-6-12(11-13)17-16(19)14-8-3-4-9-15(14)18(20)21/h3-9,11H,2,10H2,1H3,(H,17,19). The molecule has 0 saturated heterocycles. The molecule has 1 amide bonds. The van der Waals surface area contributed by atoms with Crippen LogP contribution in [0, 0.1) is 10.1 Å². The Morgan fingerprint density at radius 2 is 2.00 bits per heavy atom. The number of amides is 1. The number of nitrogens with one attached hydrogen (secondary N) is 1. The molecule has 1 N–H and O–H groups in total. The summed E-state index contributed by atoms with van der Waals surface area (Å²) in [5, 5.41) is 13.6. The summed E-state index contributed by atoms with van der Waals surface area (Å²) in [7, 11) is 0. The van der Waals surface area contributed by atoms with Gasteiger partial charge in [0, 0.05) is 17.8 Å². The highest BCUT2D eigenvalue weighted by Gasteiger charge is 2.19. The highest BCUT2D eigenvalue weighted by Crippen LogP contribution is 2.21. The number of hydrogen-bond acceptors (Lipinski definition) is 4. The van der Waals surface area contributed by atoms with Crippen LogP contribution in [0.5, 0.6) is 5.75 Å². The molecule has 0 aliphatic rings. The smallest absolute Gasteiger partial charge is 0.282 e. The molecule has 0 spiro atoms. The van der Waals surface area contributed by atoms with Gasteiger partial charge in [-0.3, -0.25) is 14.9 Å². The number of para-hydroxylation sites is 1. The van der Waals surface area contributed by atoms with E-state index in [0.717, 1.165) is 6.42 Å². The van der Waals surface area contributed by atoms with E-state index in [2.05, 4.69) is 5.32 Å². The van der Waals surface area contributed by atoms with E-state index in [0.29, 0.717) is 18.0 Å². The molecule has 2 aromatic rings. The van der Waals surface area contributed by atoms with Gasteiger partial charge in [-0.05, 0) is 24.6 Å². The van der Waals surface area contributed by atoms with E-state index in [1.54, 1.807) is 30.3 Å². The Morgan fingerprint density at radius 3 is 2.73 bits per heavy atom. The van der Waals surface area contributed by atoms with Crippen molar-refractivity contribution in [3.05, 3.63) is 64.2 Å². The molecular weight excluding hydrogens is 284 g/mol. The van der Waals surface area contributed by atoms with Gasteiger partial charge >= 0.3 is 0 Å². The average Bonchev–Trinajstić information content (AvgIpc) is 2.53. The number of ether oxygens (including phenoxy) is 1. The Balaban J connectivity index is 2.17. The van der Waals surface area contributed by atoms with E-state index < -0.39 is 10.8 Å². The number of nitrogens with zero attached hydrogens (tertiary/aromatic N) is 1. The van der Waals surface area contributed by atoms with Crippen LogP contribution in [0.2, 0.25) is 0 Å². The first-order valence-electron chi connectivity index (χ1n) is 6.89. The topological polar surface area (TPSA) is 81.5 Å². The maximum absolute atomic E-state index is 12.2. The number of carbonyl (C=O) groups is 1. The number of anilines is 1. The Hall–Kier alpha value is -2.89. The molecule has 0 saturated carbocycles. The van der Waals surface area contributed by atoms with Gasteiger partial charge in [0.15, 0.2) is 0 Å². The van der Waals surface area contributed by atoms with Crippen LogP contribution in [0.15, 0.2) is 48.5 Å². The lowest BCUT2D eigenvalue weighted by molar-refractivity contribution is -0.385. The third-order valence-corrected chi connectivity index (χ3v) is 2.91. The highest BCUT2D eigenvalue weighted by molar-refractivity contribution is 6.07. The zero-order valence-corrected chi connectivity index (χ0v) is 12.1. The Kier molecular flexibility index (Phi) is 5.08. The maximum Gasteiger partial charge on any atom is 0.282 e. The normalized spacial score (nSPS) is 10.0. The minimum Gasteiger partial charge on any atom is -0.494 e. The van der Waals surface area contributed by atoms with E-state index in [1.807, 2.05) is 6.92 Å². The van der Waals surface area contributed by atoms with Crippen LogP contribution >= 0.6 is 0 Å². The van der Waals surface area contributed by atoms with Gasteiger partial charge in [0.25, 0.3) is 11.6 Å². The Morgan fingerprint density at radius 1 is 1.23 bits per heavy atom. The highest BCUT2D eigenvalue weighted by atomic mass is 16.6. The molecule has 0 heterocycles.